The summed E-state index contributed by atoms with van der Waals surface area (Å²) in [6, 6.07) is 7.68. The van der Waals surface area contributed by atoms with Crippen LogP contribution in [0.1, 0.15) is 36.5 Å². The predicted molar refractivity (Wildman–Crippen MR) is 123 cm³/mol. The fraction of sp³-hybridized carbons (Fsp3) is 0.440. The van der Waals surface area contributed by atoms with E-state index in [0.29, 0.717) is 17.8 Å². The lowest BCUT2D eigenvalue weighted by Gasteiger charge is -2.32. The second-order valence-electron chi connectivity index (χ2n) is 8.73. The Labute approximate surface area is 203 Å². The number of hydrogen-bond donors (Lipinski definition) is 0. The van der Waals surface area contributed by atoms with E-state index in [4.69, 9.17) is 19.5 Å². The lowest BCUT2D eigenvalue weighted by molar-refractivity contribution is -0.0598. The maximum absolute atomic E-state index is 14.0. The van der Waals surface area contributed by atoms with Gasteiger partial charge in [0, 0.05) is 44.4 Å². The second-order valence-corrected chi connectivity index (χ2v) is 8.73. The normalized spacial score (nSPS) is 18.6. The number of nitrogens with zero attached hydrogens (tertiary/aromatic N) is 6. The highest BCUT2D eigenvalue weighted by Crippen LogP contribution is 2.21. The summed E-state index contributed by atoms with van der Waals surface area (Å²) in [7, 11) is 0. The number of benzene rings is 1. The van der Waals surface area contributed by atoms with Gasteiger partial charge >= 0.3 is 0 Å². The largest absolute Gasteiger partial charge is 0.483 e. The van der Waals surface area contributed by atoms with Crippen LogP contribution in [-0.2, 0) is 24.4 Å². The van der Waals surface area contributed by atoms with Gasteiger partial charge in [0.2, 0.25) is 5.88 Å². The molecule has 0 unspecified atom stereocenters. The molecule has 9 nitrogen and oxygen atoms in total. The number of piperidine rings is 1. The first-order chi connectivity index (χ1) is 17.2. The SMILES string of the molecule is N#Cc1ccc(OCc2nccc(OC3CCN(Cc4nccn4C[C@@H]4CCO4)CC3)n2)c(F)c1. The van der Waals surface area contributed by atoms with Crippen LogP contribution in [-0.4, -0.2) is 56.3 Å². The van der Waals surface area contributed by atoms with Crippen LogP contribution < -0.4 is 9.47 Å². The van der Waals surface area contributed by atoms with Gasteiger partial charge in [0.1, 0.15) is 18.5 Å². The Hall–Kier alpha value is -3.55. The first-order valence-electron chi connectivity index (χ1n) is 11.8. The Morgan fingerprint density at radius 1 is 1.14 bits per heavy atom. The number of imidazole rings is 1. The number of rotatable bonds is 9. The van der Waals surface area contributed by atoms with Gasteiger partial charge < -0.3 is 18.8 Å². The van der Waals surface area contributed by atoms with Crippen molar-refractivity contribution in [2.45, 2.75) is 51.2 Å². The zero-order valence-electron chi connectivity index (χ0n) is 19.3. The van der Waals surface area contributed by atoms with E-state index in [1.54, 1.807) is 12.3 Å². The van der Waals surface area contributed by atoms with Crippen molar-refractivity contribution in [2.24, 2.45) is 0 Å². The molecule has 0 spiro atoms. The quantitative estimate of drug-likeness (QED) is 0.463. The van der Waals surface area contributed by atoms with Gasteiger partial charge in [-0.05, 0) is 37.5 Å². The summed E-state index contributed by atoms with van der Waals surface area (Å²) in [6.45, 7) is 4.36. The van der Waals surface area contributed by atoms with Crippen LogP contribution in [0, 0.1) is 17.1 Å². The summed E-state index contributed by atoms with van der Waals surface area (Å²) in [6.07, 6.45) is 8.76. The average Bonchev–Trinajstić information content (AvgIpc) is 3.28. The molecule has 2 aliphatic rings. The van der Waals surface area contributed by atoms with E-state index < -0.39 is 5.82 Å². The minimum Gasteiger partial charge on any atom is -0.483 e. The van der Waals surface area contributed by atoms with Crippen LogP contribution in [0.4, 0.5) is 4.39 Å². The molecule has 0 radical (unpaired) electrons. The molecule has 2 fully saturated rings. The Morgan fingerprint density at radius 2 is 2.00 bits per heavy atom. The molecule has 5 rings (SSSR count). The minimum atomic E-state index is -0.595. The Balaban J connectivity index is 1.09. The summed E-state index contributed by atoms with van der Waals surface area (Å²) in [5.41, 5.74) is 0.237. The molecule has 3 aromatic rings. The Kier molecular flexibility index (Phi) is 7.16. The molecule has 10 heteroatoms. The molecule has 182 valence electrons. The van der Waals surface area contributed by atoms with Gasteiger partial charge in [-0.2, -0.15) is 10.2 Å². The molecule has 35 heavy (non-hydrogen) atoms. The highest BCUT2D eigenvalue weighted by Gasteiger charge is 2.24. The van der Waals surface area contributed by atoms with Crippen molar-refractivity contribution >= 4 is 0 Å². The molecule has 0 N–H and O–H groups in total. The van der Waals surface area contributed by atoms with Crippen molar-refractivity contribution in [2.75, 3.05) is 19.7 Å². The molecule has 0 saturated carbocycles. The van der Waals surface area contributed by atoms with Crippen molar-refractivity contribution in [3.05, 3.63) is 65.9 Å². The summed E-state index contributed by atoms with van der Waals surface area (Å²) >= 11 is 0. The molecule has 2 aromatic heterocycles. The van der Waals surface area contributed by atoms with E-state index in [1.807, 2.05) is 18.5 Å². The Bertz CT molecular complexity index is 1180. The van der Waals surface area contributed by atoms with Crippen molar-refractivity contribution in [3.8, 4) is 17.7 Å². The van der Waals surface area contributed by atoms with Gasteiger partial charge in [-0.1, -0.05) is 0 Å². The maximum Gasteiger partial charge on any atom is 0.216 e. The molecule has 4 heterocycles. The number of hydrogen-bond acceptors (Lipinski definition) is 8. The van der Waals surface area contributed by atoms with Crippen molar-refractivity contribution < 1.29 is 18.6 Å². The monoisotopic (exact) mass is 478 g/mol. The van der Waals surface area contributed by atoms with E-state index in [-0.39, 0.29) is 24.0 Å². The van der Waals surface area contributed by atoms with Crippen LogP contribution in [0.15, 0.2) is 42.9 Å². The third-order valence-corrected chi connectivity index (χ3v) is 6.28. The average molecular weight is 479 g/mol. The lowest BCUT2D eigenvalue weighted by Crippen LogP contribution is -2.39. The maximum atomic E-state index is 14.0. The first-order valence-corrected chi connectivity index (χ1v) is 11.8. The molecule has 1 atom stereocenters. The third-order valence-electron chi connectivity index (χ3n) is 6.28. The molecule has 2 aliphatic heterocycles. The smallest absolute Gasteiger partial charge is 0.216 e. The lowest BCUT2D eigenvalue weighted by atomic mass is 10.1. The van der Waals surface area contributed by atoms with Gasteiger partial charge in [-0.15, -0.1) is 0 Å². The van der Waals surface area contributed by atoms with Gasteiger partial charge in [-0.25, -0.2) is 14.4 Å². The molecule has 0 aliphatic carbocycles. The zero-order chi connectivity index (χ0) is 24.0. The molecule has 0 bridgehead atoms. The fourth-order valence-electron chi connectivity index (χ4n) is 4.21. The fourth-order valence-corrected chi connectivity index (χ4v) is 4.21. The summed E-state index contributed by atoms with van der Waals surface area (Å²) < 4.78 is 33.4. The second kappa shape index (κ2) is 10.8. The van der Waals surface area contributed by atoms with Crippen LogP contribution in [0.25, 0.3) is 0 Å². The van der Waals surface area contributed by atoms with Gasteiger partial charge in [0.05, 0.1) is 30.8 Å². The molecular weight excluding hydrogens is 451 g/mol. The third kappa shape index (κ3) is 5.93. The number of likely N-dealkylation sites (tertiary alicyclic amines) is 1. The van der Waals surface area contributed by atoms with Crippen LogP contribution in [0.2, 0.25) is 0 Å². The van der Waals surface area contributed by atoms with Gasteiger partial charge in [-0.3, -0.25) is 4.90 Å². The summed E-state index contributed by atoms with van der Waals surface area (Å²) in [4.78, 5) is 15.5. The van der Waals surface area contributed by atoms with E-state index in [0.717, 1.165) is 63.9 Å². The van der Waals surface area contributed by atoms with E-state index >= 15 is 0 Å². The van der Waals surface area contributed by atoms with E-state index in [2.05, 4.69) is 24.4 Å². The standard InChI is InChI=1S/C25H27FN6O3/c26-21-13-18(14-27)1-2-22(21)34-17-23-28-7-3-25(30-23)35-19-4-9-31(10-5-19)16-24-29-8-11-32(24)15-20-6-12-33-20/h1-3,7-8,11,13,19-20H,4-6,9-10,12,15-17H2/t20-/m0/s1. The van der Waals surface area contributed by atoms with E-state index in [9.17, 15) is 4.39 Å². The van der Waals surface area contributed by atoms with Crippen molar-refractivity contribution in [1.82, 2.24) is 24.4 Å². The van der Waals surface area contributed by atoms with Crippen molar-refractivity contribution in [3.63, 3.8) is 0 Å². The van der Waals surface area contributed by atoms with Crippen molar-refractivity contribution in [1.29, 1.82) is 5.26 Å². The number of nitriles is 1. The number of halogens is 1. The van der Waals surface area contributed by atoms with Crippen LogP contribution in [0.3, 0.4) is 0 Å². The predicted octanol–water partition coefficient (Wildman–Crippen LogP) is 3.10. The van der Waals surface area contributed by atoms with E-state index in [1.165, 1.54) is 12.1 Å². The molecule has 2 saturated heterocycles. The zero-order valence-corrected chi connectivity index (χ0v) is 19.3. The van der Waals surface area contributed by atoms with Gasteiger partial charge in [0.25, 0.3) is 0 Å². The van der Waals surface area contributed by atoms with Gasteiger partial charge in [0.15, 0.2) is 17.4 Å². The number of ether oxygens (including phenoxy) is 3. The summed E-state index contributed by atoms with van der Waals surface area (Å²) in [5, 5.41) is 8.85. The highest BCUT2D eigenvalue weighted by atomic mass is 19.1. The number of aromatic nitrogens is 4. The van der Waals surface area contributed by atoms with Crippen LogP contribution >= 0.6 is 0 Å². The summed E-state index contributed by atoms with van der Waals surface area (Å²) in [5.74, 6) is 1.40. The molecule has 1 aromatic carbocycles. The Morgan fingerprint density at radius 3 is 2.74 bits per heavy atom. The first kappa shape index (κ1) is 23.2. The van der Waals surface area contributed by atoms with Crippen LogP contribution in [0.5, 0.6) is 11.6 Å². The topological polar surface area (TPSA) is 98.3 Å². The highest BCUT2D eigenvalue weighted by molar-refractivity contribution is 5.36. The molecular formula is C25H27FN6O3. The molecule has 0 amide bonds. The minimum absolute atomic E-state index is 0.00297.